The number of hydrogen-bond acceptors (Lipinski definition) is 4. The van der Waals surface area contributed by atoms with Crippen molar-refractivity contribution < 1.29 is 17.6 Å². The molecular formula is C19H28FN3O3S. The fourth-order valence-electron chi connectivity index (χ4n) is 4.51. The Balaban J connectivity index is 1.81. The lowest BCUT2D eigenvalue weighted by Crippen LogP contribution is -2.44. The highest BCUT2D eigenvalue weighted by molar-refractivity contribution is 7.89. The predicted molar refractivity (Wildman–Crippen MR) is 102 cm³/mol. The zero-order valence-electron chi connectivity index (χ0n) is 16.2. The highest BCUT2D eigenvalue weighted by Crippen LogP contribution is 2.44. The van der Waals surface area contributed by atoms with Crippen LogP contribution in [-0.4, -0.2) is 81.0 Å². The Bertz CT molecular complexity index is 797. The molecule has 2 atom stereocenters. The van der Waals surface area contributed by atoms with Gasteiger partial charge in [-0.3, -0.25) is 4.79 Å². The molecule has 2 unspecified atom stereocenters. The van der Waals surface area contributed by atoms with E-state index in [0.29, 0.717) is 38.2 Å². The van der Waals surface area contributed by atoms with Gasteiger partial charge < -0.3 is 9.80 Å². The zero-order valence-corrected chi connectivity index (χ0v) is 17.0. The number of amides is 1. The zero-order chi connectivity index (χ0) is 19.8. The Morgan fingerprint density at radius 3 is 2.48 bits per heavy atom. The molecule has 0 spiro atoms. The largest absolute Gasteiger partial charge is 0.338 e. The monoisotopic (exact) mass is 397 g/mol. The van der Waals surface area contributed by atoms with Gasteiger partial charge in [-0.1, -0.05) is 6.92 Å². The molecule has 2 saturated heterocycles. The lowest BCUT2D eigenvalue weighted by molar-refractivity contribution is 0.0758. The van der Waals surface area contributed by atoms with E-state index in [9.17, 15) is 17.6 Å². The summed E-state index contributed by atoms with van der Waals surface area (Å²) in [6.07, 6.45) is 0.597. The first kappa shape index (κ1) is 20.2. The van der Waals surface area contributed by atoms with E-state index in [-0.39, 0.29) is 28.8 Å². The van der Waals surface area contributed by atoms with E-state index in [1.165, 1.54) is 24.3 Å². The molecule has 0 aromatic heterocycles. The number of fused-ring (bicyclic) bond motifs is 1. The maximum atomic E-state index is 13.1. The van der Waals surface area contributed by atoms with E-state index >= 15 is 0 Å². The molecule has 0 saturated carbocycles. The van der Waals surface area contributed by atoms with E-state index in [1.54, 1.807) is 9.21 Å². The number of sulfonamides is 1. The number of nitrogens with zero attached hydrogens (tertiary/aromatic N) is 3. The van der Waals surface area contributed by atoms with E-state index < -0.39 is 10.0 Å². The van der Waals surface area contributed by atoms with Crippen molar-refractivity contribution in [3.05, 3.63) is 35.6 Å². The van der Waals surface area contributed by atoms with Crippen molar-refractivity contribution in [3.63, 3.8) is 0 Å². The average Bonchev–Trinajstić information content (AvgIpc) is 3.08. The molecule has 1 amide bonds. The van der Waals surface area contributed by atoms with Gasteiger partial charge in [-0.25, -0.2) is 17.1 Å². The van der Waals surface area contributed by atoms with Crippen LogP contribution in [0.5, 0.6) is 0 Å². The van der Waals surface area contributed by atoms with Crippen LogP contribution in [0.25, 0.3) is 0 Å². The molecule has 150 valence electrons. The van der Waals surface area contributed by atoms with Crippen molar-refractivity contribution in [2.24, 2.45) is 11.3 Å². The van der Waals surface area contributed by atoms with Crippen LogP contribution in [0.2, 0.25) is 0 Å². The maximum Gasteiger partial charge on any atom is 0.253 e. The molecule has 2 heterocycles. The number of rotatable bonds is 6. The SMILES string of the molecule is CCCS(=O)(=O)N1CC2CN(C(=O)c3ccc(F)cc3)CC2(CN(C)C)C1. The Morgan fingerprint density at radius 2 is 1.89 bits per heavy atom. The number of hydrogen-bond donors (Lipinski definition) is 0. The minimum absolute atomic E-state index is 0.107. The Hall–Kier alpha value is -1.51. The molecule has 0 N–H and O–H groups in total. The van der Waals surface area contributed by atoms with E-state index in [2.05, 4.69) is 4.90 Å². The van der Waals surface area contributed by atoms with E-state index in [0.717, 1.165) is 6.54 Å². The van der Waals surface area contributed by atoms with Crippen LogP contribution < -0.4 is 0 Å². The minimum Gasteiger partial charge on any atom is -0.338 e. The van der Waals surface area contributed by atoms with Gasteiger partial charge in [0.05, 0.1) is 5.75 Å². The van der Waals surface area contributed by atoms with Crippen LogP contribution in [0.3, 0.4) is 0 Å². The van der Waals surface area contributed by atoms with Crippen LogP contribution in [0.4, 0.5) is 4.39 Å². The molecule has 2 aliphatic heterocycles. The summed E-state index contributed by atoms with van der Waals surface area (Å²) in [4.78, 5) is 16.7. The predicted octanol–water partition coefficient (Wildman–Crippen LogP) is 1.50. The summed E-state index contributed by atoms with van der Waals surface area (Å²) >= 11 is 0. The number of benzene rings is 1. The smallest absolute Gasteiger partial charge is 0.253 e. The van der Waals surface area contributed by atoms with Crippen molar-refractivity contribution in [2.45, 2.75) is 13.3 Å². The Kier molecular flexibility index (Phi) is 5.61. The van der Waals surface area contributed by atoms with Crippen molar-refractivity contribution in [1.82, 2.24) is 14.1 Å². The molecule has 0 aliphatic carbocycles. The molecule has 8 heteroatoms. The molecule has 2 fully saturated rings. The van der Waals surface area contributed by atoms with Gasteiger partial charge in [0.25, 0.3) is 5.91 Å². The van der Waals surface area contributed by atoms with E-state index in [4.69, 9.17) is 0 Å². The summed E-state index contributed by atoms with van der Waals surface area (Å²) in [6.45, 7) is 4.55. The third-order valence-corrected chi connectivity index (χ3v) is 7.58. The molecule has 2 aliphatic rings. The topological polar surface area (TPSA) is 60.9 Å². The molecule has 1 aromatic rings. The lowest BCUT2D eigenvalue weighted by Gasteiger charge is -2.32. The minimum atomic E-state index is -3.25. The van der Waals surface area contributed by atoms with Crippen LogP contribution >= 0.6 is 0 Å². The van der Waals surface area contributed by atoms with Gasteiger partial charge in [0.2, 0.25) is 10.0 Å². The molecule has 0 radical (unpaired) electrons. The molecular weight excluding hydrogens is 369 g/mol. The van der Waals surface area contributed by atoms with Gasteiger partial charge >= 0.3 is 0 Å². The highest BCUT2D eigenvalue weighted by Gasteiger charge is 2.55. The summed E-state index contributed by atoms with van der Waals surface area (Å²) in [5.74, 6) is -0.220. The summed E-state index contributed by atoms with van der Waals surface area (Å²) < 4.78 is 39.9. The fourth-order valence-corrected chi connectivity index (χ4v) is 6.15. The summed E-state index contributed by atoms with van der Waals surface area (Å²) in [5.41, 5.74) is 0.201. The third kappa shape index (κ3) is 4.02. The average molecular weight is 398 g/mol. The lowest BCUT2D eigenvalue weighted by atomic mass is 9.80. The second-order valence-corrected chi connectivity index (χ2v) is 10.2. The summed E-state index contributed by atoms with van der Waals surface area (Å²) in [7, 11) is 0.692. The van der Waals surface area contributed by atoms with Crippen molar-refractivity contribution in [2.75, 3.05) is 52.6 Å². The molecule has 27 heavy (non-hydrogen) atoms. The molecule has 1 aromatic carbocycles. The molecule has 6 nitrogen and oxygen atoms in total. The summed E-state index contributed by atoms with van der Waals surface area (Å²) in [6, 6.07) is 5.59. The Labute approximate surface area is 161 Å². The molecule has 0 bridgehead atoms. The summed E-state index contributed by atoms with van der Waals surface area (Å²) in [5, 5.41) is 0. The van der Waals surface area contributed by atoms with Gasteiger partial charge in [0, 0.05) is 49.6 Å². The first-order chi connectivity index (χ1) is 12.7. The first-order valence-electron chi connectivity index (χ1n) is 9.34. The standard InChI is InChI=1S/C19H28FN3O3S/c1-4-9-27(25,26)23-11-16-10-22(13-19(16,14-23)12-21(2)3)18(24)15-5-7-17(20)8-6-15/h5-8,16H,4,9-14H2,1-3H3. The second-order valence-electron chi connectivity index (χ2n) is 8.10. The van der Waals surface area contributed by atoms with Crippen LogP contribution in [0.1, 0.15) is 23.7 Å². The quantitative estimate of drug-likeness (QED) is 0.730. The first-order valence-corrected chi connectivity index (χ1v) is 11.0. The van der Waals surface area contributed by atoms with Crippen LogP contribution in [0.15, 0.2) is 24.3 Å². The van der Waals surface area contributed by atoms with E-state index in [1.807, 2.05) is 21.0 Å². The van der Waals surface area contributed by atoms with Gasteiger partial charge in [-0.05, 0) is 44.8 Å². The van der Waals surface area contributed by atoms with Crippen molar-refractivity contribution in [3.8, 4) is 0 Å². The van der Waals surface area contributed by atoms with Crippen molar-refractivity contribution in [1.29, 1.82) is 0 Å². The number of likely N-dealkylation sites (tertiary alicyclic amines) is 1. The highest BCUT2D eigenvalue weighted by atomic mass is 32.2. The maximum absolute atomic E-state index is 13.1. The van der Waals surface area contributed by atoms with Gasteiger partial charge in [-0.15, -0.1) is 0 Å². The number of carbonyl (C=O) groups is 1. The number of halogens is 1. The van der Waals surface area contributed by atoms with Gasteiger partial charge in [0.15, 0.2) is 0 Å². The van der Waals surface area contributed by atoms with Crippen molar-refractivity contribution >= 4 is 15.9 Å². The molecule has 3 rings (SSSR count). The number of carbonyl (C=O) groups excluding carboxylic acids is 1. The van der Waals surface area contributed by atoms with Gasteiger partial charge in [0.1, 0.15) is 5.82 Å². The van der Waals surface area contributed by atoms with Crippen LogP contribution in [0, 0.1) is 17.2 Å². The van der Waals surface area contributed by atoms with Gasteiger partial charge in [-0.2, -0.15) is 0 Å². The third-order valence-electron chi connectivity index (χ3n) is 5.59. The second kappa shape index (κ2) is 7.48. The Morgan fingerprint density at radius 1 is 1.22 bits per heavy atom. The van der Waals surface area contributed by atoms with Crippen LogP contribution in [-0.2, 0) is 10.0 Å². The normalized spacial score (nSPS) is 26.0. The fraction of sp³-hybridized carbons (Fsp3) is 0.632.